The van der Waals surface area contributed by atoms with Gasteiger partial charge < -0.3 is 19.4 Å². The van der Waals surface area contributed by atoms with E-state index in [4.69, 9.17) is 9.47 Å². The van der Waals surface area contributed by atoms with Gasteiger partial charge in [0.2, 0.25) is 12.7 Å². The van der Waals surface area contributed by atoms with Gasteiger partial charge in [-0.05, 0) is 42.4 Å². The van der Waals surface area contributed by atoms with Crippen molar-refractivity contribution in [3.63, 3.8) is 0 Å². The zero-order valence-electron chi connectivity index (χ0n) is 15.2. The highest BCUT2D eigenvalue weighted by molar-refractivity contribution is 5.77. The summed E-state index contributed by atoms with van der Waals surface area (Å²) in [5, 5.41) is 0. The SMILES string of the molecule is C[C@]1(Cc2ccc3c(c2)OCO3)CCC(=O)N(CCCc2ncc[nH]2)C1. The van der Waals surface area contributed by atoms with Crippen molar-refractivity contribution >= 4 is 5.91 Å². The number of likely N-dealkylation sites (tertiary alicyclic amines) is 1. The van der Waals surface area contributed by atoms with Crippen molar-refractivity contribution in [3.8, 4) is 11.5 Å². The predicted molar refractivity (Wildman–Crippen MR) is 97.1 cm³/mol. The number of carbonyl (C=O) groups excluding carboxylic acids is 1. The van der Waals surface area contributed by atoms with Crippen molar-refractivity contribution in [2.24, 2.45) is 5.41 Å². The molecule has 2 aliphatic heterocycles. The van der Waals surface area contributed by atoms with Crippen molar-refractivity contribution in [2.45, 2.75) is 39.0 Å². The minimum absolute atomic E-state index is 0.0896. The normalized spacial score (nSPS) is 22.0. The summed E-state index contributed by atoms with van der Waals surface area (Å²) in [5.74, 6) is 2.90. The molecule has 0 aliphatic carbocycles. The average molecular weight is 355 g/mol. The minimum atomic E-state index is 0.0896. The zero-order valence-corrected chi connectivity index (χ0v) is 15.2. The van der Waals surface area contributed by atoms with Gasteiger partial charge in [0.1, 0.15) is 5.82 Å². The molecule has 1 amide bonds. The van der Waals surface area contributed by atoms with Crippen molar-refractivity contribution in [2.75, 3.05) is 19.9 Å². The number of H-pyrrole nitrogens is 1. The highest BCUT2D eigenvalue weighted by Gasteiger charge is 2.35. The fraction of sp³-hybridized carbons (Fsp3) is 0.500. The van der Waals surface area contributed by atoms with Gasteiger partial charge in [-0.15, -0.1) is 0 Å². The number of rotatable bonds is 6. The molecular formula is C20H25N3O3. The third-order valence-electron chi connectivity index (χ3n) is 5.33. The highest BCUT2D eigenvalue weighted by atomic mass is 16.7. The van der Waals surface area contributed by atoms with E-state index in [0.29, 0.717) is 13.2 Å². The van der Waals surface area contributed by atoms with Crippen LogP contribution in [0, 0.1) is 5.41 Å². The maximum absolute atomic E-state index is 12.3. The monoisotopic (exact) mass is 355 g/mol. The highest BCUT2D eigenvalue weighted by Crippen LogP contribution is 2.37. The van der Waals surface area contributed by atoms with E-state index in [1.807, 2.05) is 17.2 Å². The smallest absolute Gasteiger partial charge is 0.231 e. The summed E-state index contributed by atoms with van der Waals surface area (Å²) in [7, 11) is 0. The molecule has 0 bridgehead atoms. The number of nitrogens with zero attached hydrogens (tertiary/aromatic N) is 2. The Kier molecular flexibility index (Phi) is 4.57. The summed E-state index contributed by atoms with van der Waals surface area (Å²) in [4.78, 5) is 21.7. The quantitative estimate of drug-likeness (QED) is 0.865. The van der Waals surface area contributed by atoms with Crippen LogP contribution in [0.25, 0.3) is 0 Å². The van der Waals surface area contributed by atoms with E-state index in [9.17, 15) is 4.79 Å². The molecule has 6 nitrogen and oxygen atoms in total. The molecule has 26 heavy (non-hydrogen) atoms. The fourth-order valence-corrected chi connectivity index (χ4v) is 3.96. The van der Waals surface area contributed by atoms with E-state index < -0.39 is 0 Å². The Hall–Kier alpha value is -2.50. The summed E-state index contributed by atoms with van der Waals surface area (Å²) in [5.41, 5.74) is 1.33. The molecular weight excluding hydrogens is 330 g/mol. The number of hydrogen-bond acceptors (Lipinski definition) is 4. The largest absolute Gasteiger partial charge is 0.454 e. The van der Waals surface area contributed by atoms with Gasteiger partial charge in [-0.3, -0.25) is 4.79 Å². The molecule has 1 aromatic carbocycles. The number of benzene rings is 1. The number of aromatic amines is 1. The summed E-state index contributed by atoms with van der Waals surface area (Å²) in [6, 6.07) is 6.16. The Morgan fingerprint density at radius 2 is 2.19 bits per heavy atom. The Morgan fingerprint density at radius 1 is 1.31 bits per heavy atom. The van der Waals surface area contributed by atoms with E-state index >= 15 is 0 Å². The predicted octanol–water partition coefficient (Wildman–Crippen LogP) is 2.94. The lowest BCUT2D eigenvalue weighted by Crippen LogP contribution is -2.46. The lowest BCUT2D eigenvalue weighted by atomic mass is 9.76. The number of hydrogen-bond donors (Lipinski definition) is 1. The number of imidazole rings is 1. The van der Waals surface area contributed by atoms with Crippen molar-refractivity contribution in [1.82, 2.24) is 14.9 Å². The Bertz CT molecular complexity index is 775. The third-order valence-corrected chi connectivity index (χ3v) is 5.33. The van der Waals surface area contributed by atoms with Crippen molar-refractivity contribution in [3.05, 3.63) is 42.0 Å². The second kappa shape index (κ2) is 7.02. The van der Waals surface area contributed by atoms with E-state index in [-0.39, 0.29) is 11.3 Å². The van der Waals surface area contributed by atoms with E-state index in [1.165, 1.54) is 5.56 Å². The second-order valence-electron chi connectivity index (χ2n) is 7.63. The van der Waals surface area contributed by atoms with Crippen LogP contribution in [0.4, 0.5) is 0 Å². The van der Waals surface area contributed by atoms with E-state index in [2.05, 4.69) is 29.0 Å². The molecule has 138 valence electrons. The number of ether oxygens (including phenoxy) is 2. The molecule has 2 aliphatic rings. The van der Waals surface area contributed by atoms with Crippen LogP contribution in [-0.4, -0.2) is 40.7 Å². The van der Waals surface area contributed by atoms with Crippen LogP contribution in [0.5, 0.6) is 11.5 Å². The molecule has 0 saturated carbocycles. The number of amides is 1. The van der Waals surface area contributed by atoms with E-state index in [0.717, 1.165) is 56.1 Å². The van der Waals surface area contributed by atoms with Gasteiger partial charge in [-0.1, -0.05) is 13.0 Å². The molecule has 1 fully saturated rings. The first-order valence-corrected chi connectivity index (χ1v) is 9.26. The number of nitrogens with one attached hydrogen (secondary N) is 1. The van der Waals surface area contributed by atoms with Crippen molar-refractivity contribution in [1.29, 1.82) is 0 Å². The first kappa shape index (κ1) is 16.9. The van der Waals surface area contributed by atoms with Gasteiger partial charge in [0.05, 0.1) is 0 Å². The summed E-state index contributed by atoms with van der Waals surface area (Å²) in [6.45, 7) is 4.17. The van der Waals surface area contributed by atoms with Crippen LogP contribution >= 0.6 is 0 Å². The fourth-order valence-electron chi connectivity index (χ4n) is 3.96. The maximum Gasteiger partial charge on any atom is 0.231 e. The van der Waals surface area contributed by atoms with Crippen LogP contribution in [0.1, 0.15) is 37.6 Å². The second-order valence-corrected chi connectivity index (χ2v) is 7.63. The molecule has 1 N–H and O–H groups in total. The molecule has 4 rings (SSSR count). The van der Waals surface area contributed by atoms with Gasteiger partial charge in [0.15, 0.2) is 11.5 Å². The number of aryl methyl sites for hydroxylation is 1. The Morgan fingerprint density at radius 3 is 3.04 bits per heavy atom. The standard InChI is InChI=1S/C20H25N3O3/c1-20(12-15-4-5-16-17(11-15)26-14-25-16)7-6-19(24)23(13-20)10-2-3-18-21-8-9-22-18/h4-5,8-9,11H,2-3,6-7,10,12-14H2,1H3,(H,21,22)/t20-/m1/s1. The van der Waals surface area contributed by atoms with E-state index in [1.54, 1.807) is 6.20 Å². The molecule has 3 heterocycles. The molecule has 1 saturated heterocycles. The Labute approximate surface area is 153 Å². The first-order chi connectivity index (χ1) is 12.6. The molecule has 0 unspecified atom stereocenters. The lowest BCUT2D eigenvalue weighted by Gasteiger charge is -2.40. The third kappa shape index (κ3) is 3.69. The number of carbonyl (C=O) groups is 1. The van der Waals surface area contributed by atoms with Crippen LogP contribution in [-0.2, 0) is 17.6 Å². The Balaban J connectivity index is 1.37. The van der Waals surface area contributed by atoms with Gasteiger partial charge in [-0.2, -0.15) is 0 Å². The van der Waals surface area contributed by atoms with Gasteiger partial charge >= 0.3 is 0 Å². The van der Waals surface area contributed by atoms with Crippen LogP contribution in [0.3, 0.4) is 0 Å². The van der Waals surface area contributed by atoms with Gasteiger partial charge in [-0.25, -0.2) is 4.98 Å². The van der Waals surface area contributed by atoms with Crippen LogP contribution in [0.15, 0.2) is 30.6 Å². The summed E-state index contributed by atoms with van der Waals surface area (Å²) in [6.07, 6.45) is 7.89. The summed E-state index contributed by atoms with van der Waals surface area (Å²) < 4.78 is 10.9. The van der Waals surface area contributed by atoms with Crippen molar-refractivity contribution < 1.29 is 14.3 Å². The topological polar surface area (TPSA) is 67.5 Å². The molecule has 1 atom stereocenters. The number of aromatic nitrogens is 2. The van der Waals surface area contributed by atoms with Gasteiger partial charge in [0.25, 0.3) is 0 Å². The molecule has 6 heteroatoms. The molecule has 1 aromatic heterocycles. The molecule has 2 aromatic rings. The van der Waals surface area contributed by atoms with Crippen LogP contribution < -0.4 is 9.47 Å². The minimum Gasteiger partial charge on any atom is -0.454 e. The average Bonchev–Trinajstić information content (AvgIpc) is 3.29. The number of fused-ring (bicyclic) bond motifs is 1. The lowest BCUT2D eigenvalue weighted by molar-refractivity contribution is -0.137. The molecule has 0 radical (unpaired) electrons. The van der Waals surface area contributed by atoms with Gasteiger partial charge in [0, 0.05) is 38.3 Å². The molecule has 0 spiro atoms. The van der Waals surface area contributed by atoms with Crippen LogP contribution in [0.2, 0.25) is 0 Å². The summed E-state index contributed by atoms with van der Waals surface area (Å²) >= 11 is 0. The first-order valence-electron chi connectivity index (χ1n) is 9.26. The zero-order chi connectivity index (χ0) is 18.0. The maximum atomic E-state index is 12.3. The number of piperidine rings is 1.